The lowest BCUT2D eigenvalue weighted by Gasteiger charge is -2.14. The highest BCUT2D eigenvalue weighted by atomic mass is 32.2. The monoisotopic (exact) mass is 322 g/mol. The summed E-state index contributed by atoms with van der Waals surface area (Å²) in [5, 5.41) is 1.54. The summed E-state index contributed by atoms with van der Waals surface area (Å²) in [6.45, 7) is 0.488. The van der Waals surface area contributed by atoms with E-state index < -0.39 is 10.0 Å². The minimum Gasteiger partial charge on any atom is -0.399 e. The number of rotatable bonds is 5. The normalized spacial score (nSPS) is 17.0. The van der Waals surface area contributed by atoms with E-state index in [0.29, 0.717) is 22.5 Å². The fraction of sp³-hybridized carbons (Fsp3) is 0.333. The van der Waals surface area contributed by atoms with Gasteiger partial charge in [-0.25, -0.2) is 13.1 Å². The second kappa shape index (κ2) is 5.19. The van der Waals surface area contributed by atoms with Crippen LogP contribution in [0.25, 0.3) is 10.8 Å². The van der Waals surface area contributed by atoms with Crippen LogP contribution in [0.3, 0.4) is 0 Å². The van der Waals surface area contributed by atoms with Gasteiger partial charge in [-0.1, -0.05) is 18.2 Å². The second-order valence-corrected chi connectivity index (χ2v) is 8.46. The van der Waals surface area contributed by atoms with Gasteiger partial charge in [-0.2, -0.15) is 11.8 Å². The van der Waals surface area contributed by atoms with Crippen LogP contribution in [0.4, 0.5) is 5.69 Å². The van der Waals surface area contributed by atoms with Crippen LogP contribution in [0.15, 0.2) is 41.3 Å². The van der Waals surface area contributed by atoms with Gasteiger partial charge in [-0.15, -0.1) is 0 Å². The Balaban J connectivity index is 1.95. The summed E-state index contributed by atoms with van der Waals surface area (Å²) in [4.78, 5) is 0.317. The van der Waals surface area contributed by atoms with E-state index in [2.05, 4.69) is 4.72 Å². The number of thioether (sulfide) groups is 1. The molecule has 0 bridgehead atoms. The number of hydrogen-bond donors (Lipinski definition) is 2. The zero-order valence-corrected chi connectivity index (χ0v) is 13.4. The van der Waals surface area contributed by atoms with Crippen molar-refractivity contribution in [3.63, 3.8) is 0 Å². The van der Waals surface area contributed by atoms with Crippen molar-refractivity contribution in [3.8, 4) is 0 Å². The molecule has 4 nitrogen and oxygen atoms in total. The van der Waals surface area contributed by atoms with Gasteiger partial charge in [-0.05, 0) is 42.7 Å². The molecule has 21 heavy (non-hydrogen) atoms. The van der Waals surface area contributed by atoms with Crippen LogP contribution in [0.2, 0.25) is 0 Å². The molecule has 0 radical (unpaired) electrons. The summed E-state index contributed by atoms with van der Waals surface area (Å²) in [5.41, 5.74) is 6.39. The summed E-state index contributed by atoms with van der Waals surface area (Å²) in [6.07, 6.45) is 4.17. The number of nitrogen functional groups attached to an aromatic ring is 1. The van der Waals surface area contributed by atoms with Crippen LogP contribution < -0.4 is 10.5 Å². The fourth-order valence-electron chi connectivity index (χ4n) is 2.40. The number of nitrogens with two attached hydrogens (primary N) is 1. The number of fused-ring (bicyclic) bond motifs is 1. The van der Waals surface area contributed by atoms with Crippen molar-refractivity contribution >= 4 is 38.2 Å². The number of hydrogen-bond acceptors (Lipinski definition) is 4. The first kappa shape index (κ1) is 14.7. The first-order valence-electron chi connectivity index (χ1n) is 6.79. The minimum absolute atomic E-state index is 0.0993. The Morgan fingerprint density at radius 1 is 1.29 bits per heavy atom. The molecule has 0 amide bonds. The molecule has 1 saturated carbocycles. The summed E-state index contributed by atoms with van der Waals surface area (Å²) in [6, 6.07) is 10.5. The molecule has 3 N–H and O–H groups in total. The molecule has 3 rings (SSSR count). The largest absolute Gasteiger partial charge is 0.399 e. The maximum atomic E-state index is 12.6. The Hall–Kier alpha value is -1.24. The van der Waals surface area contributed by atoms with Gasteiger partial charge >= 0.3 is 0 Å². The lowest BCUT2D eigenvalue weighted by Crippen LogP contribution is -2.31. The van der Waals surface area contributed by atoms with Crippen molar-refractivity contribution in [2.45, 2.75) is 22.5 Å². The Kier molecular flexibility index (Phi) is 3.63. The highest BCUT2D eigenvalue weighted by molar-refractivity contribution is 8.00. The quantitative estimate of drug-likeness (QED) is 0.830. The number of benzene rings is 2. The second-order valence-electron chi connectivity index (χ2n) is 5.45. The van der Waals surface area contributed by atoms with Gasteiger partial charge in [0.15, 0.2) is 0 Å². The van der Waals surface area contributed by atoms with Crippen molar-refractivity contribution in [1.29, 1.82) is 0 Å². The molecule has 0 unspecified atom stereocenters. The number of sulfonamides is 1. The van der Waals surface area contributed by atoms with Crippen LogP contribution in [-0.4, -0.2) is 26.0 Å². The number of nitrogens with one attached hydrogen (secondary N) is 1. The van der Waals surface area contributed by atoms with E-state index in [1.165, 1.54) is 0 Å². The van der Waals surface area contributed by atoms with Crippen molar-refractivity contribution in [2.24, 2.45) is 0 Å². The van der Waals surface area contributed by atoms with E-state index >= 15 is 0 Å². The molecule has 2 aromatic rings. The maximum Gasteiger partial charge on any atom is 0.241 e. The third kappa shape index (κ3) is 2.88. The highest BCUT2D eigenvalue weighted by Gasteiger charge is 2.42. The summed E-state index contributed by atoms with van der Waals surface area (Å²) in [7, 11) is -3.51. The Morgan fingerprint density at radius 3 is 2.71 bits per heavy atom. The highest BCUT2D eigenvalue weighted by Crippen LogP contribution is 2.46. The van der Waals surface area contributed by atoms with E-state index in [4.69, 9.17) is 5.73 Å². The molecule has 2 aromatic carbocycles. The molecule has 0 aromatic heterocycles. The Labute approximate surface area is 129 Å². The smallest absolute Gasteiger partial charge is 0.241 e. The lowest BCUT2D eigenvalue weighted by atomic mass is 10.1. The summed E-state index contributed by atoms with van der Waals surface area (Å²) < 4.78 is 28.0. The molecule has 6 heteroatoms. The van der Waals surface area contributed by atoms with Crippen molar-refractivity contribution in [3.05, 3.63) is 36.4 Å². The van der Waals surface area contributed by atoms with E-state index in [0.717, 1.165) is 18.2 Å². The molecular formula is C15H18N2O2S2. The first-order chi connectivity index (χ1) is 9.96. The van der Waals surface area contributed by atoms with E-state index in [-0.39, 0.29) is 4.75 Å². The third-order valence-electron chi connectivity index (χ3n) is 3.98. The standard InChI is InChI=1S/C15H18N2O2S2/c1-20-15(7-8-15)10-17-21(18,19)14-4-2-3-11-9-12(16)5-6-13(11)14/h2-6,9,17H,7-8,10,16H2,1H3. The predicted octanol–water partition coefficient (Wildman–Crippen LogP) is 2.60. The number of anilines is 1. The van der Waals surface area contributed by atoms with Gasteiger partial charge in [0.1, 0.15) is 0 Å². The Morgan fingerprint density at radius 2 is 2.05 bits per heavy atom. The lowest BCUT2D eigenvalue weighted by molar-refractivity contribution is 0.580. The molecule has 0 spiro atoms. The molecule has 0 atom stereocenters. The summed E-state index contributed by atoms with van der Waals surface area (Å²) >= 11 is 1.74. The van der Waals surface area contributed by atoms with E-state index in [9.17, 15) is 8.42 Å². The molecule has 1 aliphatic rings. The van der Waals surface area contributed by atoms with Crippen LogP contribution in [0, 0.1) is 0 Å². The van der Waals surface area contributed by atoms with Crippen LogP contribution in [0.5, 0.6) is 0 Å². The van der Waals surface area contributed by atoms with Gasteiger partial charge in [0, 0.05) is 22.4 Å². The molecule has 1 aliphatic carbocycles. The first-order valence-corrected chi connectivity index (χ1v) is 9.50. The van der Waals surface area contributed by atoms with Gasteiger partial charge in [0.2, 0.25) is 10.0 Å². The van der Waals surface area contributed by atoms with Gasteiger partial charge < -0.3 is 5.73 Å². The van der Waals surface area contributed by atoms with Crippen molar-refractivity contribution in [2.75, 3.05) is 18.5 Å². The van der Waals surface area contributed by atoms with Gasteiger partial charge in [0.05, 0.1) is 4.90 Å². The van der Waals surface area contributed by atoms with E-state index in [1.54, 1.807) is 42.1 Å². The van der Waals surface area contributed by atoms with Crippen LogP contribution in [0.1, 0.15) is 12.8 Å². The van der Waals surface area contributed by atoms with Crippen molar-refractivity contribution < 1.29 is 8.42 Å². The van der Waals surface area contributed by atoms with E-state index in [1.807, 2.05) is 12.3 Å². The zero-order chi connectivity index (χ0) is 15.1. The van der Waals surface area contributed by atoms with Gasteiger partial charge in [0.25, 0.3) is 0 Å². The molecule has 0 aliphatic heterocycles. The Bertz CT molecular complexity index is 783. The van der Waals surface area contributed by atoms with Crippen molar-refractivity contribution in [1.82, 2.24) is 4.72 Å². The van der Waals surface area contributed by atoms with Gasteiger partial charge in [-0.3, -0.25) is 0 Å². The van der Waals surface area contributed by atoms with Crippen LogP contribution >= 0.6 is 11.8 Å². The average Bonchev–Trinajstić information content (AvgIpc) is 3.25. The molecule has 0 heterocycles. The molecular weight excluding hydrogens is 304 g/mol. The zero-order valence-electron chi connectivity index (χ0n) is 11.8. The molecule has 112 valence electrons. The SMILES string of the molecule is CSC1(CNS(=O)(=O)c2cccc3cc(N)ccc23)CC1. The third-order valence-corrected chi connectivity index (χ3v) is 6.86. The molecule has 0 saturated heterocycles. The molecule has 1 fully saturated rings. The fourth-order valence-corrected chi connectivity index (χ4v) is 4.58. The average molecular weight is 322 g/mol. The minimum atomic E-state index is -3.51. The van der Waals surface area contributed by atoms with Crippen LogP contribution in [-0.2, 0) is 10.0 Å². The maximum absolute atomic E-state index is 12.6. The summed E-state index contributed by atoms with van der Waals surface area (Å²) in [5.74, 6) is 0. The topological polar surface area (TPSA) is 72.2 Å². The predicted molar refractivity (Wildman–Crippen MR) is 89.0 cm³/mol.